The lowest BCUT2D eigenvalue weighted by Crippen LogP contribution is -2.30. The Kier molecular flexibility index (Phi) is 7.01. The van der Waals surface area contributed by atoms with Crippen LogP contribution in [0.25, 0.3) is 10.9 Å². The number of pyridine rings is 1. The van der Waals surface area contributed by atoms with Gasteiger partial charge in [-0.25, -0.2) is 14.8 Å². The van der Waals surface area contributed by atoms with Crippen molar-refractivity contribution >= 4 is 40.1 Å². The molecule has 8 nitrogen and oxygen atoms in total. The van der Waals surface area contributed by atoms with Gasteiger partial charge >= 0.3 is 5.97 Å². The third-order valence-corrected chi connectivity index (χ3v) is 6.54. The van der Waals surface area contributed by atoms with Gasteiger partial charge in [0.2, 0.25) is 5.95 Å². The SMILES string of the molecule is Cc1cc(C(C)Nc2ccc(Cl)nc2C(=O)OC(C)(C)C)c2nc(N3CCC(C)C3)n(C)c(=O)c2c1. The first-order chi connectivity index (χ1) is 16.8. The average molecular weight is 512 g/mol. The Morgan fingerprint density at radius 3 is 2.61 bits per heavy atom. The number of carbonyl (C=O) groups is 1. The van der Waals surface area contributed by atoms with Crippen molar-refractivity contribution in [2.75, 3.05) is 23.3 Å². The monoisotopic (exact) mass is 511 g/mol. The summed E-state index contributed by atoms with van der Waals surface area (Å²) < 4.78 is 7.19. The molecule has 1 aromatic carbocycles. The molecule has 1 aliphatic heterocycles. The van der Waals surface area contributed by atoms with Gasteiger partial charge in [0.25, 0.3) is 5.56 Å². The number of hydrogen-bond acceptors (Lipinski definition) is 7. The van der Waals surface area contributed by atoms with E-state index < -0.39 is 11.6 Å². The van der Waals surface area contributed by atoms with E-state index in [9.17, 15) is 9.59 Å². The van der Waals surface area contributed by atoms with Crippen LogP contribution in [0.15, 0.2) is 29.1 Å². The molecule has 1 aliphatic rings. The minimum atomic E-state index is -0.676. The van der Waals surface area contributed by atoms with Crippen molar-refractivity contribution in [1.82, 2.24) is 14.5 Å². The Balaban J connectivity index is 1.78. The fourth-order valence-corrected chi connectivity index (χ4v) is 4.76. The molecule has 4 rings (SSSR count). The van der Waals surface area contributed by atoms with Gasteiger partial charge in [0.1, 0.15) is 10.8 Å². The largest absolute Gasteiger partial charge is 0.455 e. The summed E-state index contributed by atoms with van der Waals surface area (Å²) in [6.07, 6.45) is 1.07. The van der Waals surface area contributed by atoms with E-state index in [4.69, 9.17) is 21.3 Å². The smallest absolute Gasteiger partial charge is 0.359 e. The summed E-state index contributed by atoms with van der Waals surface area (Å²) in [4.78, 5) is 37.7. The van der Waals surface area contributed by atoms with Crippen LogP contribution < -0.4 is 15.8 Å². The van der Waals surface area contributed by atoms with E-state index in [1.165, 1.54) is 0 Å². The van der Waals surface area contributed by atoms with E-state index in [0.29, 0.717) is 28.5 Å². The highest BCUT2D eigenvalue weighted by Gasteiger charge is 2.26. The first-order valence-electron chi connectivity index (χ1n) is 12.3. The second-order valence-corrected chi connectivity index (χ2v) is 11.2. The summed E-state index contributed by atoms with van der Waals surface area (Å²) in [7, 11) is 1.78. The van der Waals surface area contributed by atoms with Gasteiger partial charge in [0, 0.05) is 25.7 Å². The number of hydrogen-bond donors (Lipinski definition) is 1. The summed E-state index contributed by atoms with van der Waals surface area (Å²) >= 11 is 6.11. The van der Waals surface area contributed by atoms with Gasteiger partial charge in [-0.3, -0.25) is 9.36 Å². The lowest BCUT2D eigenvalue weighted by Gasteiger charge is -2.24. The van der Waals surface area contributed by atoms with Crippen LogP contribution in [0.1, 0.15) is 68.7 Å². The van der Waals surface area contributed by atoms with Gasteiger partial charge in [-0.1, -0.05) is 24.6 Å². The van der Waals surface area contributed by atoms with Gasteiger partial charge in [-0.05, 0) is 70.7 Å². The molecule has 36 heavy (non-hydrogen) atoms. The molecule has 3 aromatic rings. The molecule has 192 valence electrons. The minimum Gasteiger partial charge on any atom is -0.455 e. The molecule has 0 amide bonds. The van der Waals surface area contributed by atoms with E-state index in [1.54, 1.807) is 44.5 Å². The number of rotatable bonds is 5. The third-order valence-electron chi connectivity index (χ3n) is 6.33. The van der Waals surface area contributed by atoms with Crippen molar-refractivity contribution in [3.05, 3.63) is 56.6 Å². The van der Waals surface area contributed by atoms with Gasteiger partial charge in [-0.15, -0.1) is 0 Å². The fraction of sp³-hybridized carbons (Fsp3) is 0.481. The number of halogens is 1. The number of esters is 1. The highest BCUT2D eigenvalue weighted by Crippen LogP contribution is 2.30. The summed E-state index contributed by atoms with van der Waals surface area (Å²) in [5.74, 6) is 0.669. The number of aromatic nitrogens is 3. The maximum atomic E-state index is 13.4. The fourth-order valence-electron chi connectivity index (χ4n) is 4.62. The number of anilines is 2. The average Bonchev–Trinajstić information content (AvgIpc) is 3.22. The molecule has 0 spiro atoms. The maximum absolute atomic E-state index is 13.4. The topological polar surface area (TPSA) is 89.3 Å². The zero-order valence-electron chi connectivity index (χ0n) is 22.0. The predicted octanol–water partition coefficient (Wildman–Crippen LogP) is 5.26. The number of benzene rings is 1. The van der Waals surface area contributed by atoms with Gasteiger partial charge in [-0.2, -0.15) is 0 Å². The Morgan fingerprint density at radius 1 is 1.25 bits per heavy atom. The van der Waals surface area contributed by atoms with Crippen molar-refractivity contribution in [1.29, 1.82) is 0 Å². The normalized spacial score (nSPS) is 16.9. The molecule has 3 heterocycles. The number of nitrogens with one attached hydrogen (secondary N) is 1. The lowest BCUT2D eigenvalue weighted by atomic mass is 10.0. The number of fused-ring (bicyclic) bond motifs is 1. The van der Waals surface area contributed by atoms with Crippen molar-refractivity contribution < 1.29 is 9.53 Å². The lowest BCUT2D eigenvalue weighted by molar-refractivity contribution is 0.00640. The maximum Gasteiger partial charge on any atom is 0.359 e. The Bertz CT molecular complexity index is 1380. The van der Waals surface area contributed by atoms with E-state index in [1.807, 2.05) is 26.0 Å². The predicted molar refractivity (Wildman–Crippen MR) is 144 cm³/mol. The Morgan fingerprint density at radius 2 is 1.97 bits per heavy atom. The van der Waals surface area contributed by atoms with Crippen molar-refractivity contribution in [3.8, 4) is 0 Å². The van der Waals surface area contributed by atoms with Crippen LogP contribution in [0.2, 0.25) is 5.15 Å². The number of nitrogens with zero attached hydrogens (tertiary/aromatic N) is 4. The zero-order valence-corrected chi connectivity index (χ0v) is 22.7. The molecule has 0 radical (unpaired) electrons. The second kappa shape index (κ2) is 9.73. The van der Waals surface area contributed by atoms with Crippen LogP contribution in [0.4, 0.5) is 11.6 Å². The second-order valence-electron chi connectivity index (χ2n) is 10.8. The minimum absolute atomic E-state index is 0.0747. The summed E-state index contributed by atoms with van der Waals surface area (Å²) in [5, 5.41) is 4.15. The van der Waals surface area contributed by atoms with Crippen molar-refractivity contribution in [3.63, 3.8) is 0 Å². The van der Waals surface area contributed by atoms with Crippen LogP contribution in [-0.4, -0.2) is 39.2 Å². The Hall–Kier alpha value is -3.13. The first kappa shape index (κ1) is 25.9. The van der Waals surface area contributed by atoms with E-state index in [2.05, 4.69) is 22.1 Å². The van der Waals surface area contributed by atoms with Crippen LogP contribution in [0.3, 0.4) is 0 Å². The van der Waals surface area contributed by atoms with E-state index in [0.717, 1.165) is 30.6 Å². The number of aryl methyl sites for hydroxylation is 1. The molecule has 2 aromatic heterocycles. The summed E-state index contributed by atoms with van der Waals surface area (Å²) in [6, 6.07) is 6.96. The molecule has 9 heteroatoms. The molecule has 1 N–H and O–H groups in total. The highest BCUT2D eigenvalue weighted by molar-refractivity contribution is 6.29. The first-order valence-corrected chi connectivity index (χ1v) is 12.6. The van der Waals surface area contributed by atoms with Gasteiger partial charge in [0.05, 0.1) is 22.6 Å². The van der Waals surface area contributed by atoms with Crippen molar-refractivity contribution in [2.45, 2.75) is 59.6 Å². The highest BCUT2D eigenvalue weighted by atomic mass is 35.5. The van der Waals surface area contributed by atoms with Gasteiger partial charge < -0.3 is 15.0 Å². The quantitative estimate of drug-likeness (QED) is 0.369. The molecule has 2 unspecified atom stereocenters. The molecular formula is C27H34ClN5O3. The standard InChI is InChI=1S/C27H34ClN5O3/c1-15-10-11-33(14-15)26-31-22-18(12-16(2)13-19(22)24(34)32(26)7)17(3)29-20-8-9-21(28)30-23(20)25(35)36-27(4,5)6/h8-9,12-13,15,17,29H,10-11,14H2,1-7H3. The third kappa shape index (κ3) is 5.33. The van der Waals surface area contributed by atoms with Gasteiger partial charge in [0.15, 0.2) is 5.69 Å². The molecule has 0 aliphatic carbocycles. The van der Waals surface area contributed by atoms with Crippen molar-refractivity contribution in [2.24, 2.45) is 13.0 Å². The van der Waals surface area contributed by atoms with E-state index in [-0.39, 0.29) is 22.4 Å². The summed E-state index contributed by atoms with van der Waals surface area (Å²) in [5.41, 5.74) is 2.32. The molecule has 2 atom stereocenters. The molecular weight excluding hydrogens is 478 g/mol. The number of carbonyl (C=O) groups excluding carboxylic acids is 1. The van der Waals surface area contributed by atoms with Crippen LogP contribution in [0, 0.1) is 12.8 Å². The van der Waals surface area contributed by atoms with Crippen LogP contribution >= 0.6 is 11.6 Å². The zero-order chi connectivity index (χ0) is 26.4. The van der Waals surface area contributed by atoms with E-state index >= 15 is 0 Å². The summed E-state index contributed by atoms with van der Waals surface area (Å²) in [6.45, 7) is 13.3. The Labute approximate surface area is 216 Å². The number of ether oxygens (including phenoxy) is 1. The molecule has 1 fully saturated rings. The van der Waals surface area contributed by atoms with Crippen LogP contribution in [0.5, 0.6) is 0 Å². The molecule has 0 bridgehead atoms. The van der Waals surface area contributed by atoms with Crippen LogP contribution in [-0.2, 0) is 11.8 Å². The molecule has 0 saturated carbocycles. The molecule has 1 saturated heterocycles.